The van der Waals surface area contributed by atoms with Crippen LogP contribution >= 0.6 is 0 Å². The lowest BCUT2D eigenvalue weighted by molar-refractivity contribution is 0.272. The van der Waals surface area contributed by atoms with E-state index < -0.39 is 5.82 Å². The Balaban J connectivity index is 2.15. The molecule has 0 saturated heterocycles. The first-order valence-corrected chi connectivity index (χ1v) is 5.75. The first-order chi connectivity index (χ1) is 9.63. The lowest BCUT2D eigenvalue weighted by Gasteiger charge is -2.11. The zero-order chi connectivity index (χ0) is 14.5. The van der Waals surface area contributed by atoms with Crippen molar-refractivity contribution >= 4 is 5.82 Å². The summed E-state index contributed by atoms with van der Waals surface area (Å²) in [6, 6.07) is 5.30. The zero-order valence-corrected chi connectivity index (χ0v) is 11.1. The van der Waals surface area contributed by atoms with Crippen molar-refractivity contribution in [3.8, 4) is 17.5 Å². The second kappa shape index (κ2) is 6.05. The normalized spacial score (nSPS) is 10.2. The molecule has 0 radical (unpaired) electrons. The van der Waals surface area contributed by atoms with Gasteiger partial charge in [0.05, 0.1) is 20.4 Å². The second-order valence-corrected chi connectivity index (χ2v) is 3.85. The molecule has 0 saturated carbocycles. The lowest BCUT2D eigenvalue weighted by atomic mass is 10.2. The number of nitrogen functional groups attached to an aromatic ring is 1. The maximum Gasteiger partial charge on any atom is 0.318 e. The number of ether oxygens (including phenoxy) is 3. The summed E-state index contributed by atoms with van der Waals surface area (Å²) in [5.41, 5.74) is 6.09. The quantitative estimate of drug-likeness (QED) is 0.899. The summed E-state index contributed by atoms with van der Waals surface area (Å²) in [6.07, 6.45) is 0.959. The van der Waals surface area contributed by atoms with Crippen LogP contribution in [0.25, 0.3) is 0 Å². The van der Waals surface area contributed by atoms with E-state index in [9.17, 15) is 4.39 Å². The summed E-state index contributed by atoms with van der Waals surface area (Å²) in [7, 11) is 3.12. The Morgan fingerprint density at radius 2 is 2.05 bits per heavy atom. The van der Waals surface area contributed by atoms with Gasteiger partial charge in [0.25, 0.3) is 0 Å². The van der Waals surface area contributed by atoms with Crippen molar-refractivity contribution in [2.75, 3.05) is 20.0 Å². The molecule has 7 heteroatoms. The monoisotopic (exact) mass is 279 g/mol. The molecule has 0 spiro atoms. The Kier molecular flexibility index (Phi) is 4.19. The number of methoxy groups -OCH3 is 2. The molecule has 0 fully saturated rings. The molecule has 0 unspecified atom stereocenters. The van der Waals surface area contributed by atoms with Crippen LogP contribution in [-0.4, -0.2) is 24.2 Å². The Morgan fingerprint density at radius 3 is 2.70 bits per heavy atom. The van der Waals surface area contributed by atoms with Crippen LogP contribution in [0.15, 0.2) is 24.4 Å². The zero-order valence-electron chi connectivity index (χ0n) is 11.1. The van der Waals surface area contributed by atoms with Crippen LogP contribution in [0.5, 0.6) is 17.5 Å². The minimum atomic E-state index is -0.684. The van der Waals surface area contributed by atoms with Crippen LogP contribution in [-0.2, 0) is 6.61 Å². The second-order valence-electron chi connectivity index (χ2n) is 3.85. The number of anilines is 1. The predicted molar refractivity (Wildman–Crippen MR) is 70.3 cm³/mol. The van der Waals surface area contributed by atoms with Crippen LogP contribution in [0.2, 0.25) is 0 Å². The first kappa shape index (κ1) is 13.9. The van der Waals surface area contributed by atoms with E-state index in [1.807, 2.05) is 0 Å². The number of nitrogens with two attached hydrogens (primary N) is 1. The maximum absolute atomic E-state index is 12.9. The SMILES string of the molecule is COc1ccc(OC)c(COc2ncc(F)c(N)n2)c1. The highest BCUT2D eigenvalue weighted by Gasteiger charge is 2.08. The largest absolute Gasteiger partial charge is 0.497 e. The van der Waals surface area contributed by atoms with Gasteiger partial charge < -0.3 is 19.9 Å². The Labute approximate surface area is 115 Å². The van der Waals surface area contributed by atoms with Gasteiger partial charge >= 0.3 is 6.01 Å². The van der Waals surface area contributed by atoms with Gasteiger partial charge in [-0.3, -0.25) is 0 Å². The summed E-state index contributed by atoms with van der Waals surface area (Å²) in [5.74, 6) is 0.369. The molecule has 2 N–H and O–H groups in total. The molecule has 0 bridgehead atoms. The molecule has 0 atom stereocenters. The minimum absolute atomic E-state index is 0.00577. The number of rotatable bonds is 5. The minimum Gasteiger partial charge on any atom is -0.497 e. The standard InChI is InChI=1S/C13H14FN3O3/c1-18-9-3-4-11(19-2)8(5-9)7-20-13-16-6-10(14)12(15)17-13/h3-6H,7H2,1-2H3,(H2,15,16,17). The van der Waals surface area contributed by atoms with Crippen LogP contribution in [0, 0.1) is 5.82 Å². The topological polar surface area (TPSA) is 79.5 Å². The Hall–Kier alpha value is -2.57. The molecule has 0 amide bonds. The van der Waals surface area contributed by atoms with Gasteiger partial charge in [0, 0.05) is 5.56 Å². The van der Waals surface area contributed by atoms with Gasteiger partial charge in [-0.2, -0.15) is 4.98 Å². The van der Waals surface area contributed by atoms with Gasteiger partial charge in [-0.15, -0.1) is 0 Å². The molecule has 1 aromatic heterocycles. The molecule has 106 valence electrons. The number of benzene rings is 1. The van der Waals surface area contributed by atoms with E-state index in [1.54, 1.807) is 32.4 Å². The summed E-state index contributed by atoms with van der Waals surface area (Å²) in [4.78, 5) is 7.38. The summed E-state index contributed by atoms with van der Waals surface area (Å²) < 4.78 is 28.6. The van der Waals surface area contributed by atoms with Crippen molar-refractivity contribution in [3.05, 3.63) is 35.8 Å². The highest BCUT2D eigenvalue weighted by Crippen LogP contribution is 2.25. The van der Waals surface area contributed by atoms with E-state index in [0.717, 1.165) is 11.8 Å². The molecular weight excluding hydrogens is 265 g/mol. The molecule has 6 nitrogen and oxygen atoms in total. The molecule has 0 aliphatic rings. The van der Waals surface area contributed by atoms with Crippen LogP contribution in [0.1, 0.15) is 5.56 Å². The van der Waals surface area contributed by atoms with E-state index >= 15 is 0 Å². The molecule has 1 heterocycles. The van der Waals surface area contributed by atoms with Crippen molar-refractivity contribution in [1.29, 1.82) is 0 Å². The van der Waals surface area contributed by atoms with Gasteiger partial charge in [-0.25, -0.2) is 9.37 Å². The van der Waals surface area contributed by atoms with Gasteiger partial charge in [0.2, 0.25) is 0 Å². The van der Waals surface area contributed by atoms with Gasteiger partial charge in [-0.05, 0) is 18.2 Å². The summed E-state index contributed by atoms with van der Waals surface area (Å²) in [5, 5.41) is 0. The van der Waals surface area contributed by atoms with Crippen molar-refractivity contribution in [2.24, 2.45) is 0 Å². The third-order valence-corrected chi connectivity index (χ3v) is 2.59. The lowest BCUT2D eigenvalue weighted by Crippen LogP contribution is -2.04. The molecule has 0 aliphatic carbocycles. The Morgan fingerprint density at radius 1 is 1.25 bits per heavy atom. The number of nitrogens with zero attached hydrogens (tertiary/aromatic N) is 2. The fourth-order valence-corrected chi connectivity index (χ4v) is 1.57. The van der Waals surface area contributed by atoms with Crippen LogP contribution < -0.4 is 19.9 Å². The van der Waals surface area contributed by atoms with Crippen LogP contribution in [0.3, 0.4) is 0 Å². The number of halogens is 1. The fraction of sp³-hybridized carbons (Fsp3) is 0.231. The molecule has 1 aromatic carbocycles. The van der Waals surface area contributed by atoms with Gasteiger partial charge in [0.15, 0.2) is 11.6 Å². The highest BCUT2D eigenvalue weighted by atomic mass is 19.1. The predicted octanol–water partition coefficient (Wildman–Crippen LogP) is 1.79. The smallest absolute Gasteiger partial charge is 0.318 e. The van der Waals surface area contributed by atoms with Crippen molar-refractivity contribution in [1.82, 2.24) is 9.97 Å². The van der Waals surface area contributed by atoms with Gasteiger partial charge in [-0.1, -0.05) is 0 Å². The van der Waals surface area contributed by atoms with Crippen molar-refractivity contribution in [3.63, 3.8) is 0 Å². The summed E-state index contributed by atoms with van der Waals surface area (Å²) >= 11 is 0. The van der Waals surface area contributed by atoms with Crippen LogP contribution in [0.4, 0.5) is 10.2 Å². The van der Waals surface area contributed by atoms with E-state index in [1.165, 1.54) is 0 Å². The van der Waals surface area contributed by atoms with Gasteiger partial charge in [0.1, 0.15) is 18.1 Å². The number of hydrogen-bond acceptors (Lipinski definition) is 6. The average molecular weight is 279 g/mol. The van der Waals surface area contributed by atoms with Crippen molar-refractivity contribution in [2.45, 2.75) is 6.61 Å². The number of hydrogen-bond donors (Lipinski definition) is 1. The molecular formula is C13H14FN3O3. The fourth-order valence-electron chi connectivity index (χ4n) is 1.57. The van der Waals surface area contributed by atoms with E-state index in [2.05, 4.69) is 9.97 Å². The molecule has 2 rings (SSSR count). The van der Waals surface area contributed by atoms with E-state index in [-0.39, 0.29) is 18.4 Å². The first-order valence-electron chi connectivity index (χ1n) is 5.75. The van der Waals surface area contributed by atoms with Crippen molar-refractivity contribution < 1.29 is 18.6 Å². The molecule has 0 aliphatic heterocycles. The average Bonchev–Trinajstić information content (AvgIpc) is 2.48. The summed E-state index contributed by atoms with van der Waals surface area (Å²) in [6.45, 7) is 0.144. The van der Waals surface area contributed by atoms with E-state index in [4.69, 9.17) is 19.9 Å². The molecule has 2 aromatic rings. The van der Waals surface area contributed by atoms with E-state index in [0.29, 0.717) is 11.5 Å². The molecule has 20 heavy (non-hydrogen) atoms. The highest BCUT2D eigenvalue weighted by molar-refractivity contribution is 5.40. The maximum atomic E-state index is 12.9. The third-order valence-electron chi connectivity index (χ3n) is 2.59. The number of aromatic nitrogens is 2. The Bertz CT molecular complexity index is 607. The third kappa shape index (κ3) is 3.05.